The fourth-order valence-corrected chi connectivity index (χ4v) is 1.83. The fraction of sp³-hybridized carbons (Fsp3) is 0.214. The van der Waals surface area contributed by atoms with Crippen LogP contribution in [0.1, 0.15) is 25.3 Å². The molecule has 0 aliphatic carbocycles. The van der Waals surface area contributed by atoms with Crippen molar-refractivity contribution >= 4 is 17.0 Å². The molecule has 0 bridgehead atoms. The molecular weight excluding hydrogens is 196 g/mol. The van der Waals surface area contributed by atoms with E-state index in [0.717, 1.165) is 29.5 Å². The zero-order valence-electron chi connectivity index (χ0n) is 9.33. The average molecular weight is 210 g/mol. The number of H-pyrrole nitrogens is 1. The Balaban J connectivity index is 2.44. The Bertz CT molecular complexity index is 555. The molecule has 2 heteroatoms. The zero-order valence-corrected chi connectivity index (χ0v) is 9.33. The number of fused-ring (bicyclic) bond motifs is 1. The molecule has 0 spiro atoms. The van der Waals surface area contributed by atoms with Crippen LogP contribution >= 0.6 is 0 Å². The molecule has 1 heterocycles. The molecule has 1 N–H and O–H groups in total. The molecule has 0 amide bonds. The van der Waals surface area contributed by atoms with Crippen LogP contribution < -0.4 is 0 Å². The molecule has 0 aliphatic rings. The molecule has 2 rings (SSSR count). The van der Waals surface area contributed by atoms with Crippen LogP contribution in [-0.2, 0) is 0 Å². The predicted molar refractivity (Wildman–Crippen MR) is 66.8 cm³/mol. The topological polar surface area (TPSA) is 39.6 Å². The van der Waals surface area contributed by atoms with E-state index in [1.807, 2.05) is 30.5 Å². The predicted octanol–water partition coefficient (Wildman–Crippen LogP) is 3.87. The van der Waals surface area contributed by atoms with Gasteiger partial charge in [-0.15, -0.1) is 0 Å². The van der Waals surface area contributed by atoms with Gasteiger partial charge in [0, 0.05) is 28.2 Å². The summed E-state index contributed by atoms with van der Waals surface area (Å²) < 4.78 is 0. The highest BCUT2D eigenvalue weighted by Gasteiger charge is 2.01. The second kappa shape index (κ2) is 4.67. The zero-order chi connectivity index (χ0) is 11.4. The van der Waals surface area contributed by atoms with Crippen molar-refractivity contribution in [2.45, 2.75) is 19.8 Å². The molecule has 80 valence electrons. The van der Waals surface area contributed by atoms with Gasteiger partial charge in [0.15, 0.2) is 0 Å². The number of aromatic amines is 1. The van der Waals surface area contributed by atoms with Crippen LogP contribution in [0.2, 0.25) is 0 Å². The number of hydrogen-bond donors (Lipinski definition) is 1. The molecule has 2 aromatic rings. The minimum absolute atomic E-state index is 0.840. The first-order chi connectivity index (χ1) is 7.85. The van der Waals surface area contributed by atoms with Crippen molar-refractivity contribution in [1.29, 1.82) is 5.26 Å². The van der Waals surface area contributed by atoms with E-state index in [0.29, 0.717) is 0 Å². The van der Waals surface area contributed by atoms with E-state index >= 15 is 0 Å². The van der Waals surface area contributed by atoms with Crippen LogP contribution in [0.5, 0.6) is 0 Å². The summed E-state index contributed by atoms with van der Waals surface area (Å²) in [6, 6.07) is 10.4. The quantitative estimate of drug-likeness (QED) is 0.767. The molecule has 1 aromatic carbocycles. The number of rotatable bonds is 3. The summed E-state index contributed by atoms with van der Waals surface area (Å²) in [4.78, 5) is 3.21. The van der Waals surface area contributed by atoms with Gasteiger partial charge in [0.1, 0.15) is 0 Å². The standard InChI is InChI=1S/C14H14N2/c1-2-5-11(9-15)8-12-10-16-14-7-4-3-6-13(12)14/h3-4,6-8,10,16H,2,5H2,1H3/b11-8+. The van der Waals surface area contributed by atoms with Crippen molar-refractivity contribution < 1.29 is 0 Å². The normalized spacial score (nSPS) is 11.6. The highest BCUT2D eigenvalue weighted by atomic mass is 14.7. The van der Waals surface area contributed by atoms with E-state index in [1.165, 1.54) is 5.39 Å². The molecule has 16 heavy (non-hydrogen) atoms. The van der Waals surface area contributed by atoms with Crippen molar-refractivity contribution in [3.05, 3.63) is 41.6 Å². The number of nitriles is 1. The maximum atomic E-state index is 9.00. The first kappa shape index (κ1) is 10.5. The van der Waals surface area contributed by atoms with Gasteiger partial charge < -0.3 is 4.98 Å². The summed E-state index contributed by atoms with van der Waals surface area (Å²) >= 11 is 0. The first-order valence-corrected chi connectivity index (χ1v) is 5.52. The molecule has 0 radical (unpaired) electrons. The van der Waals surface area contributed by atoms with Crippen molar-refractivity contribution in [2.75, 3.05) is 0 Å². The summed E-state index contributed by atoms with van der Waals surface area (Å²) in [7, 11) is 0. The van der Waals surface area contributed by atoms with Crippen molar-refractivity contribution in [3.8, 4) is 6.07 Å². The molecule has 0 fully saturated rings. The summed E-state index contributed by atoms with van der Waals surface area (Å²) in [6.45, 7) is 2.08. The molecule has 0 aliphatic heterocycles. The number of nitrogens with zero attached hydrogens (tertiary/aromatic N) is 1. The van der Waals surface area contributed by atoms with Crippen molar-refractivity contribution in [3.63, 3.8) is 0 Å². The fourth-order valence-electron chi connectivity index (χ4n) is 1.83. The summed E-state index contributed by atoms with van der Waals surface area (Å²) in [5.74, 6) is 0. The maximum Gasteiger partial charge on any atom is 0.0947 e. The highest BCUT2D eigenvalue weighted by Crippen LogP contribution is 2.21. The number of para-hydroxylation sites is 1. The smallest absolute Gasteiger partial charge is 0.0947 e. The van der Waals surface area contributed by atoms with Crippen molar-refractivity contribution in [2.24, 2.45) is 0 Å². The van der Waals surface area contributed by atoms with Gasteiger partial charge in [0.2, 0.25) is 0 Å². The van der Waals surface area contributed by atoms with E-state index in [-0.39, 0.29) is 0 Å². The third kappa shape index (κ3) is 1.99. The van der Waals surface area contributed by atoms with Crippen LogP contribution in [0.25, 0.3) is 17.0 Å². The minimum atomic E-state index is 0.840. The first-order valence-electron chi connectivity index (χ1n) is 5.52. The van der Waals surface area contributed by atoms with Gasteiger partial charge in [-0.1, -0.05) is 31.5 Å². The minimum Gasteiger partial charge on any atom is -0.361 e. The lowest BCUT2D eigenvalue weighted by atomic mass is 10.1. The number of benzene rings is 1. The number of aromatic nitrogens is 1. The SMILES string of the molecule is CCC/C(C#N)=C\c1c[nH]c2ccccc12. The van der Waals surface area contributed by atoms with Gasteiger partial charge in [0.05, 0.1) is 6.07 Å². The van der Waals surface area contributed by atoms with Gasteiger partial charge in [0.25, 0.3) is 0 Å². The Morgan fingerprint density at radius 2 is 2.25 bits per heavy atom. The Hall–Kier alpha value is -2.01. The third-order valence-electron chi connectivity index (χ3n) is 2.61. The molecule has 2 nitrogen and oxygen atoms in total. The Labute approximate surface area is 95.2 Å². The number of allylic oxidation sites excluding steroid dienone is 1. The van der Waals surface area contributed by atoms with Crippen molar-refractivity contribution in [1.82, 2.24) is 4.98 Å². The lowest BCUT2D eigenvalue weighted by Gasteiger charge is -1.95. The highest BCUT2D eigenvalue weighted by molar-refractivity contribution is 5.89. The van der Waals surface area contributed by atoms with Crippen LogP contribution in [-0.4, -0.2) is 4.98 Å². The summed E-state index contributed by atoms with van der Waals surface area (Å²) in [5.41, 5.74) is 3.05. The van der Waals surface area contributed by atoms with Crippen LogP contribution in [0, 0.1) is 11.3 Å². The maximum absolute atomic E-state index is 9.00. The monoisotopic (exact) mass is 210 g/mol. The van der Waals surface area contributed by atoms with Gasteiger partial charge in [-0.05, 0) is 18.6 Å². The third-order valence-corrected chi connectivity index (χ3v) is 2.61. The molecule has 0 saturated heterocycles. The van der Waals surface area contributed by atoms with Crippen LogP contribution in [0.15, 0.2) is 36.0 Å². The molecule has 0 atom stereocenters. The summed E-state index contributed by atoms with van der Waals surface area (Å²) in [5, 5.41) is 10.2. The van der Waals surface area contributed by atoms with Gasteiger partial charge in [-0.25, -0.2) is 0 Å². The average Bonchev–Trinajstić information content (AvgIpc) is 2.72. The molecular formula is C14H14N2. The molecule has 1 aromatic heterocycles. The molecule has 0 unspecified atom stereocenters. The van der Waals surface area contributed by atoms with Gasteiger partial charge in [-0.3, -0.25) is 0 Å². The number of hydrogen-bond acceptors (Lipinski definition) is 1. The number of nitrogens with one attached hydrogen (secondary N) is 1. The Kier molecular flexibility index (Phi) is 3.07. The largest absolute Gasteiger partial charge is 0.361 e. The van der Waals surface area contributed by atoms with E-state index < -0.39 is 0 Å². The van der Waals surface area contributed by atoms with E-state index in [4.69, 9.17) is 5.26 Å². The summed E-state index contributed by atoms with van der Waals surface area (Å²) in [6.07, 6.45) is 5.78. The van der Waals surface area contributed by atoms with Gasteiger partial charge in [-0.2, -0.15) is 5.26 Å². The Morgan fingerprint density at radius 1 is 1.44 bits per heavy atom. The van der Waals surface area contributed by atoms with Crippen LogP contribution in [0.4, 0.5) is 0 Å². The lowest BCUT2D eigenvalue weighted by Crippen LogP contribution is -1.78. The van der Waals surface area contributed by atoms with Gasteiger partial charge >= 0.3 is 0 Å². The van der Waals surface area contributed by atoms with Crippen LogP contribution in [0.3, 0.4) is 0 Å². The van der Waals surface area contributed by atoms with E-state index in [2.05, 4.69) is 24.0 Å². The second-order valence-corrected chi connectivity index (χ2v) is 3.82. The van der Waals surface area contributed by atoms with E-state index in [9.17, 15) is 0 Å². The second-order valence-electron chi connectivity index (χ2n) is 3.82. The molecule has 0 saturated carbocycles. The lowest BCUT2D eigenvalue weighted by molar-refractivity contribution is 0.934. The van der Waals surface area contributed by atoms with E-state index in [1.54, 1.807) is 0 Å². The Morgan fingerprint density at radius 3 is 3.00 bits per heavy atom.